The lowest BCUT2D eigenvalue weighted by molar-refractivity contribution is 0.101. The van der Waals surface area contributed by atoms with Gasteiger partial charge in [0.1, 0.15) is 0 Å². The predicted octanol–water partition coefficient (Wildman–Crippen LogP) is 2.37. The fraction of sp³-hybridized carbons (Fsp3) is 0.625. The summed E-state index contributed by atoms with van der Waals surface area (Å²) in [6.45, 7) is 1.01. The van der Waals surface area contributed by atoms with E-state index in [1.165, 1.54) is 36.8 Å². The van der Waals surface area contributed by atoms with E-state index in [1.54, 1.807) is 0 Å². The van der Waals surface area contributed by atoms with Gasteiger partial charge in [0.2, 0.25) is 0 Å². The lowest BCUT2D eigenvalue weighted by Gasteiger charge is -2.34. The quantitative estimate of drug-likeness (QED) is 0.874. The molecule has 0 spiro atoms. The van der Waals surface area contributed by atoms with Crippen molar-refractivity contribution in [2.24, 2.45) is 5.73 Å². The SMILES string of the molecule is NC1CC(N(CCO)C2CCCC2)c2ccccc21. The molecular weight excluding hydrogens is 236 g/mol. The van der Waals surface area contributed by atoms with Gasteiger partial charge in [-0.1, -0.05) is 37.1 Å². The number of aliphatic hydroxyl groups is 1. The van der Waals surface area contributed by atoms with E-state index in [0.29, 0.717) is 12.1 Å². The Kier molecular flexibility index (Phi) is 3.87. The number of aliphatic hydroxyl groups excluding tert-OH is 1. The van der Waals surface area contributed by atoms with Crippen molar-refractivity contribution in [3.63, 3.8) is 0 Å². The number of rotatable bonds is 4. The maximum absolute atomic E-state index is 9.40. The molecule has 0 saturated heterocycles. The summed E-state index contributed by atoms with van der Waals surface area (Å²) in [6.07, 6.45) is 6.19. The van der Waals surface area contributed by atoms with E-state index in [4.69, 9.17) is 5.73 Å². The molecule has 104 valence electrons. The van der Waals surface area contributed by atoms with Crippen LogP contribution in [0.4, 0.5) is 0 Å². The van der Waals surface area contributed by atoms with Crippen molar-refractivity contribution in [3.05, 3.63) is 35.4 Å². The van der Waals surface area contributed by atoms with Crippen molar-refractivity contribution < 1.29 is 5.11 Å². The zero-order valence-corrected chi connectivity index (χ0v) is 11.5. The maximum atomic E-state index is 9.40. The molecule has 2 atom stereocenters. The Morgan fingerprint density at radius 3 is 2.53 bits per heavy atom. The number of nitrogens with two attached hydrogens (primary N) is 1. The molecule has 0 bridgehead atoms. The lowest BCUT2D eigenvalue weighted by Crippen LogP contribution is -2.38. The molecule has 0 aromatic heterocycles. The molecule has 3 rings (SSSR count). The Balaban J connectivity index is 1.87. The number of hydrogen-bond donors (Lipinski definition) is 2. The van der Waals surface area contributed by atoms with Gasteiger partial charge in [-0.05, 0) is 30.4 Å². The number of nitrogens with zero attached hydrogens (tertiary/aromatic N) is 1. The summed E-state index contributed by atoms with van der Waals surface area (Å²) in [5.74, 6) is 0. The van der Waals surface area contributed by atoms with E-state index >= 15 is 0 Å². The number of benzene rings is 1. The van der Waals surface area contributed by atoms with E-state index in [9.17, 15) is 5.11 Å². The summed E-state index contributed by atoms with van der Waals surface area (Å²) >= 11 is 0. The van der Waals surface area contributed by atoms with Crippen molar-refractivity contribution in [1.82, 2.24) is 4.90 Å². The minimum absolute atomic E-state index is 0.156. The van der Waals surface area contributed by atoms with E-state index < -0.39 is 0 Å². The van der Waals surface area contributed by atoms with E-state index in [1.807, 2.05) is 0 Å². The summed E-state index contributed by atoms with van der Waals surface area (Å²) in [7, 11) is 0. The zero-order valence-electron chi connectivity index (χ0n) is 11.5. The van der Waals surface area contributed by atoms with Crippen LogP contribution >= 0.6 is 0 Å². The van der Waals surface area contributed by atoms with Crippen molar-refractivity contribution >= 4 is 0 Å². The Bertz CT molecular complexity index is 429. The zero-order chi connectivity index (χ0) is 13.2. The summed E-state index contributed by atoms with van der Waals surface area (Å²) in [5.41, 5.74) is 8.96. The van der Waals surface area contributed by atoms with Gasteiger partial charge in [0, 0.05) is 24.7 Å². The molecule has 2 aliphatic carbocycles. The van der Waals surface area contributed by atoms with E-state index in [0.717, 1.165) is 13.0 Å². The molecule has 1 aromatic carbocycles. The van der Waals surface area contributed by atoms with Crippen molar-refractivity contribution in [3.8, 4) is 0 Å². The van der Waals surface area contributed by atoms with Gasteiger partial charge in [-0.15, -0.1) is 0 Å². The maximum Gasteiger partial charge on any atom is 0.0558 e. The summed E-state index contributed by atoms with van der Waals surface area (Å²) in [6, 6.07) is 9.75. The normalized spacial score (nSPS) is 27.1. The van der Waals surface area contributed by atoms with Crippen LogP contribution < -0.4 is 5.73 Å². The minimum atomic E-state index is 0.156. The highest BCUT2D eigenvalue weighted by atomic mass is 16.3. The van der Waals surface area contributed by atoms with Crippen LogP contribution in [-0.2, 0) is 0 Å². The van der Waals surface area contributed by atoms with Crippen LogP contribution in [-0.4, -0.2) is 29.2 Å². The molecule has 0 heterocycles. The average molecular weight is 260 g/mol. The van der Waals surface area contributed by atoms with Gasteiger partial charge in [-0.3, -0.25) is 4.90 Å². The molecule has 3 nitrogen and oxygen atoms in total. The van der Waals surface area contributed by atoms with Gasteiger partial charge >= 0.3 is 0 Å². The number of fused-ring (bicyclic) bond motifs is 1. The van der Waals surface area contributed by atoms with Gasteiger partial charge < -0.3 is 10.8 Å². The molecular formula is C16H24N2O. The fourth-order valence-corrected chi connectivity index (χ4v) is 3.90. The first-order valence-electron chi connectivity index (χ1n) is 7.52. The summed E-state index contributed by atoms with van der Waals surface area (Å²) in [5, 5.41) is 9.40. The second-order valence-electron chi connectivity index (χ2n) is 5.89. The first-order valence-corrected chi connectivity index (χ1v) is 7.52. The Morgan fingerprint density at radius 1 is 1.16 bits per heavy atom. The highest BCUT2D eigenvalue weighted by Gasteiger charge is 2.36. The largest absolute Gasteiger partial charge is 0.395 e. The highest BCUT2D eigenvalue weighted by Crippen LogP contribution is 2.43. The summed E-state index contributed by atoms with van der Waals surface area (Å²) < 4.78 is 0. The second-order valence-corrected chi connectivity index (χ2v) is 5.89. The molecule has 1 aromatic rings. The van der Waals surface area contributed by atoms with Crippen molar-refractivity contribution in [2.75, 3.05) is 13.2 Å². The van der Waals surface area contributed by atoms with Crippen LogP contribution in [0.3, 0.4) is 0 Å². The van der Waals surface area contributed by atoms with Crippen LogP contribution in [0.1, 0.15) is 55.3 Å². The third-order valence-corrected chi connectivity index (χ3v) is 4.78. The molecule has 0 amide bonds. The molecule has 0 radical (unpaired) electrons. The smallest absolute Gasteiger partial charge is 0.0558 e. The highest BCUT2D eigenvalue weighted by molar-refractivity contribution is 5.37. The van der Waals surface area contributed by atoms with Crippen LogP contribution in [0.15, 0.2) is 24.3 Å². The lowest BCUT2D eigenvalue weighted by atomic mass is 10.0. The molecule has 19 heavy (non-hydrogen) atoms. The Hall–Kier alpha value is -0.900. The predicted molar refractivity (Wildman–Crippen MR) is 76.8 cm³/mol. The molecule has 2 unspecified atom stereocenters. The van der Waals surface area contributed by atoms with E-state index in [2.05, 4.69) is 29.2 Å². The molecule has 3 N–H and O–H groups in total. The third-order valence-electron chi connectivity index (χ3n) is 4.78. The fourth-order valence-electron chi connectivity index (χ4n) is 3.90. The summed E-state index contributed by atoms with van der Waals surface area (Å²) in [4.78, 5) is 2.51. The molecule has 3 heteroatoms. The van der Waals surface area contributed by atoms with Crippen LogP contribution in [0.2, 0.25) is 0 Å². The molecule has 2 aliphatic rings. The van der Waals surface area contributed by atoms with Gasteiger partial charge in [-0.25, -0.2) is 0 Å². The van der Waals surface area contributed by atoms with Gasteiger partial charge in [0.15, 0.2) is 0 Å². The first-order chi connectivity index (χ1) is 9.31. The van der Waals surface area contributed by atoms with Crippen LogP contribution in [0.5, 0.6) is 0 Å². The molecule has 0 aliphatic heterocycles. The first kappa shape index (κ1) is 13.1. The number of hydrogen-bond acceptors (Lipinski definition) is 3. The Labute approximate surface area is 115 Å². The van der Waals surface area contributed by atoms with Gasteiger partial charge in [0.25, 0.3) is 0 Å². The average Bonchev–Trinajstić information content (AvgIpc) is 3.06. The third kappa shape index (κ3) is 2.42. The van der Waals surface area contributed by atoms with Crippen molar-refractivity contribution in [2.45, 2.75) is 50.2 Å². The van der Waals surface area contributed by atoms with Gasteiger partial charge in [0.05, 0.1) is 6.61 Å². The molecule has 1 saturated carbocycles. The van der Waals surface area contributed by atoms with Crippen molar-refractivity contribution in [1.29, 1.82) is 0 Å². The Morgan fingerprint density at radius 2 is 1.84 bits per heavy atom. The second kappa shape index (κ2) is 5.61. The topological polar surface area (TPSA) is 49.5 Å². The minimum Gasteiger partial charge on any atom is -0.395 e. The standard InChI is InChI=1S/C16H24N2O/c17-15-11-16(14-8-4-3-7-13(14)15)18(9-10-19)12-5-1-2-6-12/h3-4,7-8,12,15-16,19H,1-2,5-6,9-11,17H2. The van der Waals surface area contributed by atoms with E-state index in [-0.39, 0.29) is 12.6 Å². The van der Waals surface area contributed by atoms with Crippen LogP contribution in [0, 0.1) is 0 Å². The molecule has 1 fully saturated rings. The van der Waals surface area contributed by atoms with Gasteiger partial charge in [-0.2, -0.15) is 0 Å². The van der Waals surface area contributed by atoms with Crippen LogP contribution in [0.25, 0.3) is 0 Å². The monoisotopic (exact) mass is 260 g/mol.